The van der Waals surface area contributed by atoms with Gasteiger partial charge in [-0.05, 0) is 220 Å². The zero-order valence-corrected chi connectivity index (χ0v) is 83.9. The lowest BCUT2D eigenvalue weighted by Gasteiger charge is -2.33. The van der Waals surface area contributed by atoms with Gasteiger partial charge >= 0.3 is 0 Å². The van der Waals surface area contributed by atoms with Crippen LogP contribution < -0.4 is 109 Å². The van der Waals surface area contributed by atoms with E-state index < -0.39 is 185 Å². The summed E-state index contributed by atoms with van der Waals surface area (Å²) in [6, 6.07) is 15.2. The van der Waals surface area contributed by atoms with Crippen molar-refractivity contribution in [1.82, 2.24) is 89.0 Å². The highest BCUT2D eigenvalue weighted by atomic mass is 16.2. The Morgan fingerprint density at radius 1 is 0.373 bits per heavy atom. The van der Waals surface area contributed by atoms with E-state index in [1.807, 2.05) is 78.8 Å². The van der Waals surface area contributed by atoms with E-state index in [0.717, 1.165) is 22.0 Å². The van der Waals surface area contributed by atoms with E-state index >= 15 is 33.6 Å². The van der Waals surface area contributed by atoms with Gasteiger partial charge in [0, 0.05) is 55.5 Å². The molecular weight excluding hydrogens is 1810 g/mol. The van der Waals surface area contributed by atoms with Gasteiger partial charge in [-0.25, -0.2) is 4.98 Å². The maximum atomic E-state index is 15.4. The first-order valence-corrected chi connectivity index (χ1v) is 50.5. The van der Waals surface area contributed by atoms with E-state index in [-0.39, 0.29) is 140 Å². The van der Waals surface area contributed by atoms with Gasteiger partial charge < -0.3 is 124 Å². The Balaban J connectivity index is 1.07. The first kappa shape index (κ1) is 116. The van der Waals surface area contributed by atoms with Crippen molar-refractivity contribution in [2.24, 2.45) is 63.8 Å². The number of imidazole rings is 1. The van der Waals surface area contributed by atoms with Gasteiger partial charge in [-0.2, -0.15) is 0 Å². The number of carbonyl (C=O) groups excluding carboxylic acids is 15. The summed E-state index contributed by atoms with van der Waals surface area (Å²) in [6.45, 7) is 15.9. The van der Waals surface area contributed by atoms with Crippen molar-refractivity contribution in [3.05, 3.63) is 162 Å². The number of hydrogen-bond donors (Lipinski definition) is 22. The molecule has 0 aliphatic carbocycles. The number of primary amides is 1. The molecule has 39 heteroatoms. The van der Waals surface area contributed by atoms with Gasteiger partial charge in [0.25, 0.3) is 0 Å². The number of likely N-dealkylation sites (tertiary alicyclic amines) is 1. The van der Waals surface area contributed by atoms with Gasteiger partial charge in [0.15, 0.2) is 0 Å². The van der Waals surface area contributed by atoms with Crippen LogP contribution in [0.15, 0.2) is 134 Å². The van der Waals surface area contributed by atoms with Crippen molar-refractivity contribution < 1.29 is 71.9 Å². The summed E-state index contributed by atoms with van der Waals surface area (Å²) in [5, 5.41) is 37.9. The van der Waals surface area contributed by atoms with Gasteiger partial charge in [-0.15, -0.1) is 0 Å². The maximum Gasteiger partial charge on any atom is 0.246 e. The molecule has 15 amide bonds. The molecule has 16 atom stereocenters. The second-order valence-corrected chi connectivity index (χ2v) is 38.5. The predicted molar refractivity (Wildman–Crippen MR) is 544 cm³/mol. The van der Waals surface area contributed by atoms with E-state index in [1.54, 1.807) is 98.0 Å². The van der Waals surface area contributed by atoms with Gasteiger partial charge in [-0.1, -0.05) is 171 Å². The summed E-state index contributed by atoms with van der Waals surface area (Å²) in [5.41, 5.74) is 46.0. The van der Waals surface area contributed by atoms with Crippen molar-refractivity contribution in [1.29, 1.82) is 0 Å². The van der Waals surface area contributed by atoms with Gasteiger partial charge in [-0.3, -0.25) is 71.9 Å². The summed E-state index contributed by atoms with van der Waals surface area (Å²) in [7, 11) is 0. The van der Waals surface area contributed by atoms with Crippen LogP contribution in [0, 0.1) is 23.7 Å². The Bertz CT molecular complexity index is 4950. The minimum atomic E-state index is -1.48. The highest BCUT2D eigenvalue weighted by Gasteiger charge is 2.44. The molecule has 7 rings (SSSR count). The third kappa shape index (κ3) is 39.4. The van der Waals surface area contributed by atoms with E-state index in [1.165, 1.54) is 17.4 Å². The number of fused-ring (bicyclic) bond motifs is 1. The van der Waals surface area contributed by atoms with E-state index in [4.69, 9.17) is 40.1 Å². The fraction of sp³-hybridized carbons (Fsp3) is 0.573. The summed E-state index contributed by atoms with van der Waals surface area (Å²) in [6.07, 6.45) is 10.1. The molecule has 1 aliphatic heterocycles. The third-order valence-electron chi connectivity index (χ3n) is 25.4. The van der Waals surface area contributed by atoms with Crippen LogP contribution in [0.1, 0.15) is 218 Å². The normalized spacial score (nSPS) is 15.7. The average Bonchev–Trinajstić information content (AvgIpc) is 1.64. The number of nitrogens with two attached hydrogens (primary N) is 7. The Morgan fingerprint density at radius 2 is 0.697 bits per heavy atom. The Morgan fingerprint density at radius 3 is 1.06 bits per heavy atom. The number of carbonyl (C=O) groups is 15. The molecule has 1 saturated heterocycles. The molecule has 1 fully saturated rings. The topological polar surface area (TPSA) is 642 Å². The first-order valence-electron chi connectivity index (χ1n) is 50.5. The zero-order chi connectivity index (χ0) is 104. The Hall–Kier alpha value is -12.6. The van der Waals surface area contributed by atoms with Crippen LogP contribution >= 0.6 is 0 Å². The van der Waals surface area contributed by atoms with E-state index in [0.29, 0.717) is 100 Å². The number of H-pyrrole nitrogens is 2. The van der Waals surface area contributed by atoms with Gasteiger partial charge in [0.2, 0.25) is 88.6 Å². The van der Waals surface area contributed by atoms with Crippen molar-refractivity contribution in [2.75, 3.05) is 39.3 Å². The van der Waals surface area contributed by atoms with Crippen LogP contribution in [0.4, 0.5) is 0 Å². The minimum Gasteiger partial charge on any atom is -0.368 e. The van der Waals surface area contributed by atoms with E-state index in [2.05, 4.69) is 84.1 Å². The van der Waals surface area contributed by atoms with Gasteiger partial charge in [0.1, 0.15) is 84.6 Å². The number of para-hydroxylation sites is 1. The van der Waals surface area contributed by atoms with Crippen LogP contribution in [0.3, 0.4) is 0 Å². The van der Waals surface area contributed by atoms with Crippen LogP contribution in [0.2, 0.25) is 0 Å². The summed E-state index contributed by atoms with van der Waals surface area (Å²) in [5.74, 6) is -12.4. The number of nitrogens with zero attached hydrogens (tertiary/aromatic N) is 2. The lowest BCUT2D eigenvalue weighted by Crippen LogP contribution is -2.61. The van der Waals surface area contributed by atoms with Crippen molar-refractivity contribution in [3.8, 4) is 0 Å². The molecule has 0 unspecified atom stereocenters. The molecule has 29 N–H and O–H groups in total. The molecule has 6 aromatic rings. The van der Waals surface area contributed by atoms with Crippen LogP contribution in [-0.2, 0) is 104 Å². The zero-order valence-electron chi connectivity index (χ0n) is 83.9. The van der Waals surface area contributed by atoms with E-state index in [9.17, 15) is 38.4 Å². The largest absolute Gasteiger partial charge is 0.368 e. The van der Waals surface area contributed by atoms with Crippen molar-refractivity contribution >= 4 is 99.5 Å². The molecule has 39 nitrogen and oxygen atoms in total. The molecule has 1 aliphatic rings. The van der Waals surface area contributed by atoms with Crippen LogP contribution in [-0.4, -0.2) is 238 Å². The molecule has 3 heterocycles. The molecule has 0 saturated carbocycles. The second kappa shape index (κ2) is 62.0. The maximum absolute atomic E-state index is 15.4. The number of rotatable bonds is 66. The van der Waals surface area contributed by atoms with Crippen LogP contribution in [0.25, 0.3) is 10.9 Å². The highest BCUT2D eigenvalue weighted by Crippen LogP contribution is 2.26. The van der Waals surface area contributed by atoms with Crippen molar-refractivity contribution in [3.63, 3.8) is 0 Å². The molecular formula is C103H158N24O15. The number of amides is 15. The molecule has 142 heavy (non-hydrogen) atoms. The smallest absolute Gasteiger partial charge is 0.246 e. The minimum absolute atomic E-state index is 0.00331. The molecule has 0 bridgehead atoms. The molecule has 0 radical (unpaired) electrons. The fourth-order valence-corrected chi connectivity index (χ4v) is 17.2. The summed E-state index contributed by atoms with van der Waals surface area (Å²) >= 11 is 0. The molecule has 0 spiro atoms. The highest BCUT2D eigenvalue weighted by molar-refractivity contribution is 6.01. The molecule has 780 valence electrons. The van der Waals surface area contributed by atoms with Crippen LogP contribution in [0.5, 0.6) is 0 Å². The number of nitrogens with one attached hydrogen (secondary N) is 15. The standard InChI is InChI=1S/C103H158N24O15/c1-9-66(8)88(126-95(134)79(44-25-30-50-108)115-92(131)76(41-22-27-47-105)117-99(138)84(56-68-34-15-11-16-35-68)120-90(129)73(109)58-70-60-112-74-39-20-19-38-72(70)74)103(142)127-51-31-45-87(127)102(141)118-78(43-24-29-49-107)94(133)124-85(57-69-36-17-12-18-37-69)100(139)122-83(54-65(6)7)98(137)125-86(59-71-61-111-62-113-71)101(140)123-82(53-64(4)5)97(136)121-81(52-63(2)3)96(135)116-75(40-21-26-46-104)91(130)114-77(42-23-28-48-106)93(132)119-80(89(110)128)55-67-32-13-10-14-33-67/h10-20,32-39,60-66,73,75-88,112H,9,21-31,40-59,104-109H2,1-8H3,(H2,110,128)(H,111,113)(H,114,130)(H,115,131)(H,116,135)(H,117,138)(H,118,141)(H,119,132)(H,120,129)(H,121,136)(H,122,139)(H,123,140)(H,124,133)(H,125,137)(H,126,134)/t66-,73-,75-,76-,77-,78-,79-,80-,81-,82-,83-,84-,85-,86-,87-,88-/m0/s1. The number of hydrogen-bond acceptors (Lipinski definition) is 22. The Kier molecular flexibility index (Phi) is 50.8. The number of aromatic amines is 2. The fourth-order valence-electron chi connectivity index (χ4n) is 17.2. The lowest BCUT2D eigenvalue weighted by atomic mass is 9.96. The lowest BCUT2D eigenvalue weighted by molar-refractivity contribution is -0.143. The Labute approximate surface area is 834 Å². The van der Waals surface area contributed by atoms with Crippen molar-refractivity contribution in [2.45, 2.75) is 313 Å². The SMILES string of the molecule is CC[C@H](C)[C@H](NC(=O)[C@H](CCCCN)NC(=O)[C@H](CCCCN)NC(=O)[C@H](Cc1ccccc1)NC(=O)[C@@H](N)Cc1c[nH]c2ccccc12)C(=O)N1CCC[C@H]1C(=O)N[C@@H](CCCCN)C(=O)N[C@@H](Cc1ccccc1)C(=O)N[C@@H](CC(C)C)C(=O)N[C@@H](Cc1c[nH]cn1)C(=O)N[C@@H](CC(C)C)C(=O)N[C@@H](CC(C)C)C(=O)N[C@@H](CCCCN)C(=O)N[C@@H](CCCCN)C(=O)N[C@@H](Cc1ccccc1)C(N)=O. The first-order chi connectivity index (χ1) is 68.1. The quantitative estimate of drug-likeness (QED) is 0.0244. The second-order valence-electron chi connectivity index (χ2n) is 38.5. The number of aromatic nitrogens is 3. The summed E-state index contributed by atoms with van der Waals surface area (Å²) in [4.78, 5) is 233. The predicted octanol–water partition coefficient (Wildman–Crippen LogP) is 2.34. The summed E-state index contributed by atoms with van der Waals surface area (Å²) < 4.78 is 0. The average molecular weight is 1970 g/mol. The molecule has 4 aromatic carbocycles. The monoisotopic (exact) mass is 1970 g/mol. The van der Waals surface area contributed by atoms with Gasteiger partial charge in [0.05, 0.1) is 18.1 Å². The third-order valence-corrected chi connectivity index (χ3v) is 25.4. The number of benzene rings is 4. The molecule has 2 aromatic heterocycles. The number of unbranched alkanes of at least 4 members (excludes halogenated alkanes) is 5.